The summed E-state index contributed by atoms with van der Waals surface area (Å²) >= 11 is 0. The van der Waals surface area contributed by atoms with Crippen molar-refractivity contribution in [2.24, 2.45) is 0 Å². The first-order valence-corrected chi connectivity index (χ1v) is 5.36. The highest BCUT2D eigenvalue weighted by Crippen LogP contribution is 2.08. The molecule has 2 N–H and O–H groups in total. The molecule has 0 saturated carbocycles. The molecule has 0 unspecified atom stereocenters. The molecule has 0 aromatic carbocycles. The zero-order valence-corrected chi connectivity index (χ0v) is 9.10. The second-order valence-corrected chi connectivity index (χ2v) is 4.05. The van der Waals surface area contributed by atoms with Crippen LogP contribution in [0.1, 0.15) is 33.1 Å². The van der Waals surface area contributed by atoms with E-state index in [-0.39, 0.29) is 11.9 Å². The zero-order valence-electron chi connectivity index (χ0n) is 9.10. The third kappa shape index (κ3) is 4.42. The Balaban J connectivity index is 2.19. The minimum Gasteiger partial charge on any atom is -0.354 e. The van der Waals surface area contributed by atoms with Crippen LogP contribution in [0, 0.1) is 0 Å². The van der Waals surface area contributed by atoms with Crippen LogP contribution < -0.4 is 10.6 Å². The Kier molecular flexibility index (Phi) is 4.66. The van der Waals surface area contributed by atoms with Gasteiger partial charge in [-0.15, -0.1) is 0 Å². The van der Waals surface area contributed by atoms with E-state index in [0.29, 0.717) is 6.42 Å². The molecule has 0 spiro atoms. The van der Waals surface area contributed by atoms with Gasteiger partial charge in [-0.25, -0.2) is 0 Å². The highest BCUT2D eigenvalue weighted by molar-refractivity contribution is 5.76. The average molecular weight is 196 g/mol. The summed E-state index contributed by atoms with van der Waals surface area (Å²) in [7, 11) is 0. The second kappa shape index (κ2) is 5.81. The van der Waals surface area contributed by atoms with E-state index in [2.05, 4.69) is 16.7 Å². The van der Waals surface area contributed by atoms with Crippen molar-refractivity contribution >= 4 is 5.91 Å². The van der Waals surface area contributed by atoms with E-state index in [1.807, 2.05) is 13.8 Å². The van der Waals surface area contributed by atoms with Crippen LogP contribution in [0.5, 0.6) is 0 Å². The van der Waals surface area contributed by atoms with E-state index in [9.17, 15) is 4.79 Å². The van der Waals surface area contributed by atoms with Crippen LogP contribution in [0.4, 0.5) is 0 Å². The first-order valence-electron chi connectivity index (χ1n) is 5.36. The Bertz CT molecular complexity index is 221. The van der Waals surface area contributed by atoms with Gasteiger partial charge in [-0.1, -0.05) is 11.6 Å². The lowest BCUT2D eigenvalue weighted by Crippen LogP contribution is -2.30. The molecule has 80 valence electrons. The van der Waals surface area contributed by atoms with Gasteiger partial charge < -0.3 is 10.6 Å². The molecule has 1 rings (SSSR count). The summed E-state index contributed by atoms with van der Waals surface area (Å²) in [6.07, 6.45) is 4.86. The van der Waals surface area contributed by atoms with Crippen molar-refractivity contribution in [2.75, 3.05) is 13.1 Å². The molecule has 14 heavy (non-hydrogen) atoms. The predicted octanol–water partition coefficient (Wildman–Crippen LogP) is 1.21. The van der Waals surface area contributed by atoms with Gasteiger partial charge in [0.2, 0.25) is 5.91 Å². The molecule has 3 heteroatoms. The summed E-state index contributed by atoms with van der Waals surface area (Å²) in [5, 5.41) is 6.20. The fourth-order valence-electron chi connectivity index (χ4n) is 1.56. The highest BCUT2D eigenvalue weighted by atomic mass is 16.1. The van der Waals surface area contributed by atoms with Gasteiger partial charge in [0.25, 0.3) is 0 Å². The smallest absolute Gasteiger partial charge is 0.220 e. The van der Waals surface area contributed by atoms with Crippen molar-refractivity contribution in [1.82, 2.24) is 10.6 Å². The summed E-state index contributed by atoms with van der Waals surface area (Å²) in [6.45, 7) is 6.00. The topological polar surface area (TPSA) is 41.1 Å². The maximum Gasteiger partial charge on any atom is 0.220 e. The van der Waals surface area contributed by atoms with Crippen molar-refractivity contribution in [1.29, 1.82) is 0 Å². The van der Waals surface area contributed by atoms with Gasteiger partial charge in [-0.3, -0.25) is 4.79 Å². The molecule has 0 aromatic rings. The van der Waals surface area contributed by atoms with E-state index < -0.39 is 0 Å². The number of carbonyl (C=O) groups is 1. The molecule has 0 saturated heterocycles. The van der Waals surface area contributed by atoms with Crippen LogP contribution in [-0.4, -0.2) is 25.0 Å². The number of amides is 1. The number of nitrogens with one attached hydrogen (secondary N) is 2. The molecule has 0 fully saturated rings. The predicted molar refractivity (Wildman–Crippen MR) is 58.1 cm³/mol. The molecule has 1 aliphatic heterocycles. The first-order chi connectivity index (χ1) is 6.68. The van der Waals surface area contributed by atoms with Crippen LogP contribution in [0.15, 0.2) is 11.6 Å². The van der Waals surface area contributed by atoms with Crippen LogP contribution >= 0.6 is 0 Å². The van der Waals surface area contributed by atoms with Gasteiger partial charge in [-0.2, -0.15) is 0 Å². The third-order valence-electron chi connectivity index (χ3n) is 2.23. The molecule has 0 aromatic heterocycles. The lowest BCUT2D eigenvalue weighted by atomic mass is 10.1. The van der Waals surface area contributed by atoms with Gasteiger partial charge >= 0.3 is 0 Å². The van der Waals surface area contributed by atoms with Crippen molar-refractivity contribution in [3.05, 3.63) is 11.6 Å². The molecular formula is C11H20N2O. The molecule has 0 bridgehead atoms. The minimum atomic E-state index is 0.159. The van der Waals surface area contributed by atoms with Crippen molar-refractivity contribution in [3.63, 3.8) is 0 Å². The van der Waals surface area contributed by atoms with Crippen LogP contribution in [0.25, 0.3) is 0 Å². The standard InChI is InChI=1S/C11H20N2O/c1-9(2)13-11(14)6-5-10-4-3-7-12-8-10/h4,9,12H,3,5-8H2,1-2H3,(H,13,14). The molecule has 3 nitrogen and oxygen atoms in total. The molecular weight excluding hydrogens is 176 g/mol. The number of hydrogen-bond donors (Lipinski definition) is 2. The first kappa shape index (κ1) is 11.2. The monoisotopic (exact) mass is 196 g/mol. The molecule has 0 radical (unpaired) electrons. The Morgan fingerprint density at radius 1 is 1.64 bits per heavy atom. The van der Waals surface area contributed by atoms with Gasteiger partial charge in [0.15, 0.2) is 0 Å². The molecule has 1 heterocycles. The number of carbonyl (C=O) groups excluding carboxylic acids is 1. The molecule has 0 aliphatic carbocycles. The summed E-state index contributed by atoms with van der Waals surface area (Å²) in [4.78, 5) is 11.3. The third-order valence-corrected chi connectivity index (χ3v) is 2.23. The zero-order chi connectivity index (χ0) is 10.4. The second-order valence-electron chi connectivity index (χ2n) is 4.05. The van der Waals surface area contributed by atoms with Crippen LogP contribution in [0.3, 0.4) is 0 Å². The van der Waals surface area contributed by atoms with E-state index in [4.69, 9.17) is 0 Å². The Hall–Kier alpha value is -0.830. The normalized spacial score (nSPS) is 16.6. The van der Waals surface area contributed by atoms with Crippen molar-refractivity contribution in [3.8, 4) is 0 Å². The van der Waals surface area contributed by atoms with Gasteiger partial charge in [-0.05, 0) is 33.2 Å². The summed E-state index contributed by atoms with van der Waals surface area (Å²) < 4.78 is 0. The molecule has 1 amide bonds. The van der Waals surface area contributed by atoms with Gasteiger partial charge in [0, 0.05) is 19.0 Å². The van der Waals surface area contributed by atoms with E-state index in [1.54, 1.807) is 0 Å². The lowest BCUT2D eigenvalue weighted by molar-refractivity contribution is -0.121. The molecule has 1 aliphatic rings. The maximum atomic E-state index is 11.3. The largest absolute Gasteiger partial charge is 0.354 e. The van der Waals surface area contributed by atoms with Crippen molar-refractivity contribution in [2.45, 2.75) is 39.2 Å². The van der Waals surface area contributed by atoms with E-state index in [1.165, 1.54) is 5.57 Å². The fraction of sp³-hybridized carbons (Fsp3) is 0.727. The summed E-state index contributed by atoms with van der Waals surface area (Å²) in [5.74, 6) is 0.159. The van der Waals surface area contributed by atoms with E-state index in [0.717, 1.165) is 25.9 Å². The summed E-state index contributed by atoms with van der Waals surface area (Å²) in [6, 6.07) is 0.251. The Morgan fingerprint density at radius 2 is 2.43 bits per heavy atom. The Labute approximate surface area is 86.0 Å². The molecule has 0 atom stereocenters. The van der Waals surface area contributed by atoms with Crippen molar-refractivity contribution < 1.29 is 4.79 Å². The SMILES string of the molecule is CC(C)NC(=O)CCC1=CCCNC1. The van der Waals surface area contributed by atoms with E-state index >= 15 is 0 Å². The maximum absolute atomic E-state index is 11.3. The number of rotatable bonds is 4. The lowest BCUT2D eigenvalue weighted by Gasteiger charge is -2.14. The van der Waals surface area contributed by atoms with Gasteiger partial charge in [0.05, 0.1) is 0 Å². The minimum absolute atomic E-state index is 0.159. The van der Waals surface area contributed by atoms with Crippen LogP contribution in [0.2, 0.25) is 0 Å². The van der Waals surface area contributed by atoms with Gasteiger partial charge in [0.1, 0.15) is 0 Å². The summed E-state index contributed by atoms with van der Waals surface area (Å²) in [5.41, 5.74) is 1.37. The average Bonchev–Trinajstić information content (AvgIpc) is 2.15. The quantitative estimate of drug-likeness (QED) is 0.664. The highest BCUT2D eigenvalue weighted by Gasteiger charge is 2.06. The van der Waals surface area contributed by atoms with Crippen LogP contribution in [-0.2, 0) is 4.79 Å². The fourth-order valence-corrected chi connectivity index (χ4v) is 1.56. The number of hydrogen-bond acceptors (Lipinski definition) is 2. The Morgan fingerprint density at radius 3 is 3.00 bits per heavy atom.